The molecule has 2 rings (SSSR count). The number of alkyl halides is 1. The Balaban J connectivity index is 2.23. The second-order valence-electron chi connectivity index (χ2n) is 4.39. The van der Waals surface area contributed by atoms with Gasteiger partial charge in [0.05, 0.1) is 11.3 Å². The SMILES string of the molecule is Cc1cccc(NC(=O)c2ccc(CCl)cc2)c1C#N. The molecule has 0 aliphatic carbocycles. The number of benzene rings is 2. The number of amides is 1. The van der Waals surface area contributed by atoms with E-state index < -0.39 is 0 Å². The average molecular weight is 285 g/mol. The summed E-state index contributed by atoms with van der Waals surface area (Å²) in [7, 11) is 0. The van der Waals surface area contributed by atoms with Crippen molar-refractivity contribution in [2.75, 3.05) is 5.32 Å². The van der Waals surface area contributed by atoms with Gasteiger partial charge in [0.2, 0.25) is 0 Å². The van der Waals surface area contributed by atoms with E-state index in [2.05, 4.69) is 11.4 Å². The van der Waals surface area contributed by atoms with Crippen molar-refractivity contribution in [1.82, 2.24) is 0 Å². The Morgan fingerprint density at radius 1 is 1.25 bits per heavy atom. The summed E-state index contributed by atoms with van der Waals surface area (Å²) in [5.74, 6) is 0.173. The molecule has 0 heterocycles. The van der Waals surface area contributed by atoms with Crippen molar-refractivity contribution < 1.29 is 4.79 Å². The number of hydrogen-bond donors (Lipinski definition) is 1. The number of anilines is 1. The molecule has 0 fully saturated rings. The Morgan fingerprint density at radius 3 is 2.55 bits per heavy atom. The van der Waals surface area contributed by atoms with Gasteiger partial charge in [-0.15, -0.1) is 11.6 Å². The predicted molar refractivity (Wildman–Crippen MR) is 79.8 cm³/mol. The van der Waals surface area contributed by atoms with E-state index in [0.29, 0.717) is 22.7 Å². The molecule has 3 nitrogen and oxygen atoms in total. The van der Waals surface area contributed by atoms with E-state index >= 15 is 0 Å². The largest absolute Gasteiger partial charge is 0.321 e. The van der Waals surface area contributed by atoms with Gasteiger partial charge in [-0.2, -0.15) is 5.26 Å². The fraction of sp³-hybridized carbons (Fsp3) is 0.125. The standard InChI is InChI=1S/C16H13ClN2O/c1-11-3-2-4-15(14(11)10-18)19-16(20)13-7-5-12(9-17)6-8-13/h2-8H,9H2,1H3,(H,19,20). The van der Waals surface area contributed by atoms with Crippen molar-refractivity contribution in [3.8, 4) is 6.07 Å². The summed E-state index contributed by atoms with van der Waals surface area (Å²) in [5, 5.41) is 11.9. The quantitative estimate of drug-likeness (QED) is 0.870. The zero-order valence-electron chi connectivity index (χ0n) is 11.0. The molecule has 100 valence electrons. The van der Waals surface area contributed by atoms with Gasteiger partial charge < -0.3 is 5.32 Å². The highest BCUT2D eigenvalue weighted by atomic mass is 35.5. The Hall–Kier alpha value is -2.31. The highest BCUT2D eigenvalue weighted by Gasteiger charge is 2.10. The maximum atomic E-state index is 12.1. The molecule has 0 radical (unpaired) electrons. The number of nitrogens with zero attached hydrogens (tertiary/aromatic N) is 1. The molecule has 0 aliphatic heterocycles. The number of rotatable bonds is 3. The van der Waals surface area contributed by atoms with Gasteiger partial charge in [0.15, 0.2) is 0 Å². The normalized spacial score (nSPS) is 9.85. The van der Waals surface area contributed by atoms with E-state index in [1.165, 1.54) is 0 Å². The minimum absolute atomic E-state index is 0.242. The molecule has 20 heavy (non-hydrogen) atoms. The third kappa shape index (κ3) is 2.98. The van der Waals surface area contributed by atoms with E-state index in [4.69, 9.17) is 16.9 Å². The Morgan fingerprint density at radius 2 is 1.95 bits per heavy atom. The van der Waals surface area contributed by atoms with Gasteiger partial charge in [0.1, 0.15) is 6.07 Å². The van der Waals surface area contributed by atoms with Crippen molar-refractivity contribution in [2.24, 2.45) is 0 Å². The van der Waals surface area contributed by atoms with Crippen LogP contribution in [0.15, 0.2) is 42.5 Å². The van der Waals surface area contributed by atoms with Crippen molar-refractivity contribution in [2.45, 2.75) is 12.8 Å². The minimum Gasteiger partial charge on any atom is -0.321 e. The van der Waals surface area contributed by atoms with E-state index in [9.17, 15) is 4.79 Å². The summed E-state index contributed by atoms with van der Waals surface area (Å²) in [6.07, 6.45) is 0. The molecular formula is C16H13ClN2O. The van der Waals surface area contributed by atoms with Crippen LogP contribution < -0.4 is 5.32 Å². The van der Waals surface area contributed by atoms with Gasteiger partial charge in [0, 0.05) is 11.4 Å². The first-order chi connectivity index (χ1) is 9.65. The Kier molecular flexibility index (Phi) is 4.39. The number of carbonyl (C=O) groups is 1. The first kappa shape index (κ1) is 14.1. The molecule has 4 heteroatoms. The van der Waals surface area contributed by atoms with Gasteiger partial charge in [-0.3, -0.25) is 4.79 Å². The Labute approximate surface area is 122 Å². The lowest BCUT2D eigenvalue weighted by Crippen LogP contribution is -2.13. The smallest absolute Gasteiger partial charge is 0.255 e. The lowest BCUT2D eigenvalue weighted by molar-refractivity contribution is 0.102. The molecule has 0 spiro atoms. The van der Waals surface area contributed by atoms with Crippen LogP contribution in [-0.4, -0.2) is 5.91 Å². The van der Waals surface area contributed by atoms with Crippen molar-refractivity contribution in [3.05, 3.63) is 64.7 Å². The monoisotopic (exact) mass is 284 g/mol. The molecule has 2 aromatic carbocycles. The van der Waals surface area contributed by atoms with Gasteiger partial charge in [-0.05, 0) is 36.2 Å². The zero-order valence-corrected chi connectivity index (χ0v) is 11.7. The maximum absolute atomic E-state index is 12.1. The van der Waals surface area contributed by atoms with Crippen LogP contribution in [0.3, 0.4) is 0 Å². The van der Waals surface area contributed by atoms with Gasteiger partial charge in [0.25, 0.3) is 5.91 Å². The summed E-state index contributed by atoms with van der Waals surface area (Å²) in [5.41, 5.74) is 3.33. The molecule has 0 bridgehead atoms. The summed E-state index contributed by atoms with van der Waals surface area (Å²) in [6.45, 7) is 1.84. The average Bonchev–Trinajstić information content (AvgIpc) is 2.47. The Bertz CT molecular complexity index is 672. The topological polar surface area (TPSA) is 52.9 Å². The molecule has 1 N–H and O–H groups in total. The van der Waals surface area contributed by atoms with E-state index in [0.717, 1.165) is 11.1 Å². The molecule has 0 atom stereocenters. The van der Waals surface area contributed by atoms with Crippen LogP contribution in [0.1, 0.15) is 27.0 Å². The molecule has 0 saturated heterocycles. The third-order valence-corrected chi connectivity index (χ3v) is 3.31. The number of carbonyl (C=O) groups excluding carboxylic acids is 1. The van der Waals surface area contributed by atoms with Gasteiger partial charge in [-0.25, -0.2) is 0 Å². The molecule has 0 saturated carbocycles. The number of halogens is 1. The maximum Gasteiger partial charge on any atom is 0.255 e. The molecule has 0 aliphatic rings. The van der Waals surface area contributed by atoms with Gasteiger partial charge in [-0.1, -0.05) is 24.3 Å². The number of hydrogen-bond acceptors (Lipinski definition) is 2. The number of aryl methyl sites for hydroxylation is 1. The lowest BCUT2D eigenvalue weighted by Gasteiger charge is -2.09. The summed E-state index contributed by atoms with van der Waals surface area (Å²) in [6, 6.07) is 14.5. The van der Waals surface area contributed by atoms with Crippen LogP contribution in [0, 0.1) is 18.3 Å². The van der Waals surface area contributed by atoms with E-state index in [1.807, 2.05) is 31.2 Å². The van der Waals surface area contributed by atoms with Crippen molar-refractivity contribution >= 4 is 23.2 Å². The van der Waals surface area contributed by atoms with E-state index in [-0.39, 0.29) is 5.91 Å². The minimum atomic E-state index is -0.242. The lowest BCUT2D eigenvalue weighted by atomic mass is 10.1. The molecule has 0 aromatic heterocycles. The third-order valence-electron chi connectivity index (χ3n) is 3.00. The zero-order chi connectivity index (χ0) is 14.5. The van der Waals surface area contributed by atoms with Crippen LogP contribution in [0.5, 0.6) is 0 Å². The second-order valence-corrected chi connectivity index (χ2v) is 4.66. The van der Waals surface area contributed by atoms with Crippen LogP contribution in [-0.2, 0) is 5.88 Å². The number of nitrogens with one attached hydrogen (secondary N) is 1. The van der Waals surface area contributed by atoms with Crippen LogP contribution in [0.2, 0.25) is 0 Å². The number of nitriles is 1. The van der Waals surface area contributed by atoms with E-state index in [1.54, 1.807) is 18.2 Å². The fourth-order valence-electron chi connectivity index (χ4n) is 1.86. The molecule has 1 amide bonds. The highest BCUT2D eigenvalue weighted by molar-refractivity contribution is 6.17. The van der Waals surface area contributed by atoms with Gasteiger partial charge >= 0.3 is 0 Å². The summed E-state index contributed by atoms with van der Waals surface area (Å²) >= 11 is 5.71. The molecular weight excluding hydrogens is 272 g/mol. The molecule has 0 unspecified atom stereocenters. The first-order valence-corrected chi connectivity index (χ1v) is 6.65. The predicted octanol–water partition coefficient (Wildman–Crippen LogP) is 3.86. The van der Waals surface area contributed by atoms with Crippen LogP contribution in [0.4, 0.5) is 5.69 Å². The first-order valence-electron chi connectivity index (χ1n) is 6.11. The van der Waals surface area contributed by atoms with Crippen molar-refractivity contribution in [1.29, 1.82) is 5.26 Å². The summed E-state index contributed by atoms with van der Waals surface area (Å²) < 4.78 is 0. The fourth-order valence-corrected chi connectivity index (χ4v) is 2.04. The van der Waals surface area contributed by atoms with Crippen molar-refractivity contribution in [3.63, 3.8) is 0 Å². The second kappa shape index (κ2) is 6.23. The van der Waals surface area contributed by atoms with Crippen LogP contribution >= 0.6 is 11.6 Å². The summed E-state index contributed by atoms with van der Waals surface area (Å²) in [4.78, 5) is 12.1. The molecule has 2 aromatic rings. The van der Waals surface area contributed by atoms with Crippen LogP contribution in [0.25, 0.3) is 0 Å². The highest BCUT2D eigenvalue weighted by Crippen LogP contribution is 2.19.